The lowest BCUT2D eigenvalue weighted by Gasteiger charge is -2.18. The molecule has 2 rings (SSSR count). The average molecular weight is 272 g/mol. The van der Waals surface area contributed by atoms with Crippen LogP contribution in [0.5, 0.6) is 0 Å². The van der Waals surface area contributed by atoms with Crippen LogP contribution in [0.1, 0.15) is 26.0 Å². The molecule has 1 aromatic carbocycles. The molecule has 108 valence electrons. The van der Waals surface area contributed by atoms with E-state index in [1.54, 1.807) is 0 Å². The Morgan fingerprint density at radius 1 is 1.05 bits per heavy atom. The molecule has 20 heavy (non-hydrogen) atoms. The van der Waals surface area contributed by atoms with Gasteiger partial charge >= 0.3 is 0 Å². The highest BCUT2D eigenvalue weighted by Crippen LogP contribution is 2.15. The zero-order chi connectivity index (χ0) is 14.4. The number of para-hydroxylation sites is 2. The molecule has 0 spiro atoms. The summed E-state index contributed by atoms with van der Waals surface area (Å²) in [5.41, 5.74) is 2.87. The van der Waals surface area contributed by atoms with E-state index in [1.807, 2.05) is 31.2 Å². The minimum absolute atomic E-state index is 0.906. The Kier molecular flexibility index (Phi) is 5.30. The SMILES string of the molecule is CCN(CC)CCCNc1nc2ccccc2nc1C. The van der Waals surface area contributed by atoms with Crippen molar-refractivity contribution in [2.75, 3.05) is 31.5 Å². The maximum Gasteiger partial charge on any atom is 0.148 e. The zero-order valence-electron chi connectivity index (χ0n) is 12.7. The molecule has 0 bridgehead atoms. The molecule has 0 unspecified atom stereocenters. The highest BCUT2D eigenvalue weighted by atomic mass is 15.1. The third kappa shape index (κ3) is 3.67. The monoisotopic (exact) mass is 272 g/mol. The van der Waals surface area contributed by atoms with Crippen molar-refractivity contribution in [3.63, 3.8) is 0 Å². The lowest BCUT2D eigenvalue weighted by Crippen LogP contribution is -2.25. The summed E-state index contributed by atoms with van der Waals surface area (Å²) in [6.45, 7) is 10.7. The lowest BCUT2D eigenvalue weighted by atomic mass is 10.3. The molecule has 0 radical (unpaired) electrons. The summed E-state index contributed by atoms with van der Waals surface area (Å²) in [6.07, 6.45) is 1.12. The van der Waals surface area contributed by atoms with E-state index < -0.39 is 0 Å². The van der Waals surface area contributed by atoms with Gasteiger partial charge in [0.05, 0.1) is 16.7 Å². The van der Waals surface area contributed by atoms with Crippen LogP contribution in [-0.2, 0) is 0 Å². The number of aromatic nitrogens is 2. The second-order valence-electron chi connectivity index (χ2n) is 4.95. The first kappa shape index (κ1) is 14.7. The Bertz CT molecular complexity index is 549. The van der Waals surface area contributed by atoms with E-state index in [1.165, 1.54) is 0 Å². The summed E-state index contributed by atoms with van der Waals surface area (Å²) in [6, 6.07) is 7.99. The summed E-state index contributed by atoms with van der Waals surface area (Å²) >= 11 is 0. The van der Waals surface area contributed by atoms with E-state index in [-0.39, 0.29) is 0 Å². The Labute approximate surface area is 121 Å². The van der Waals surface area contributed by atoms with E-state index in [4.69, 9.17) is 0 Å². The Balaban J connectivity index is 1.94. The van der Waals surface area contributed by atoms with Gasteiger partial charge in [-0.3, -0.25) is 0 Å². The molecule has 1 aromatic heterocycles. The number of nitrogens with one attached hydrogen (secondary N) is 1. The Hall–Kier alpha value is -1.68. The first-order valence-electron chi connectivity index (χ1n) is 7.44. The maximum atomic E-state index is 4.64. The van der Waals surface area contributed by atoms with Gasteiger partial charge in [-0.2, -0.15) is 0 Å². The first-order valence-corrected chi connectivity index (χ1v) is 7.44. The van der Waals surface area contributed by atoms with Crippen molar-refractivity contribution in [2.24, 2.45) is 0 Å². The number of hydrogen-bond acceptors (Lipinski definition) is 4. The molecule has 2 aromatic rings. The Morgan fingerprint density at radius 3 is 2.35 bits per heavy atom. The molecule has 1 heterocycles. The minimum atomic E-state index is 0.906. The molecule has 1 N–H and O–H groups in total. The van der Waals surface area contributed by atoms with Gasteiger partial charge < -0.3 is 10.2 Å². The summed E-state index contributed by atoms with van der Waals surface area (Å²) in [5.74, 6) is 0.906. The Morgan fingerprint density at radius 2 is 1.70 bits per heavy atom. The molecular formula is C16H24N4. The van der Waals surface area contributed by atoms with Crippen LogP contribution < -0.4 is 5.32 Å². The minimum Gasteiger partial charge on any atom is -0.369 e. The number of aryl methyl sites for hydroxylation is 1. The van der Waals surface area contributed by atoms with E-state index in [0.717, 1.165) is 55.1 Å². The molecule has 0 amide bonds. The van der Waals surface area contributed by atoms with Crippen LogP contribution in [0.25, 0.3) is 11.0 Å². The predicted molar refractivity (Wildman–Crippen MR) is 85.2 cm³/mol. The second-order valence-corrected chi connectivity index (χ2v) is 4.95. The summed E-state index contributed by atoms with van der Waals surface area (Å²) in [4.78, 5) is 11.7. The van der Waals surface area contributed by atoms with Gasteiger partial charge in [0.1, 0.15) is 5.82 Å². The van der Waals surface area contributed by atoms with Crippen LogP contribution in [-0.4, -0.2) is 41.0 Å². The van der Waals surface area contributed by atoms with Crippen LogP contribution >= 0.6 is 0 Å². The van der Waals surface area contributed by atoms with Gasteiger partial charge in [-0.15, -0.1) is 0 Å². The van der Waals surface area contributed by atoms with Gasteiger partial charge in [0.15, 0.2) is 0 Å². The van der Waals surface area contributed by atoms with Crippen molar-refractivity contribution in [1.29, 1.82) is 0 Å². The number of hydrogen-bond donors (Lipinski definition) is 1. The third-order valence-electron chi connectivity index (χ3n) is 3.58. The number of rotatable bonds is 7. The number of benzene rings is 1. The fourth-order valence-corrected chi connectivity index (χ4v) is 2.30. The molecular weight excluding hydrogens is 248 g/mol. The van der Waals surface area contributed by atoms with Crippen molar-refractivity contribution >= 4 is 16.9 Å². The van der Waals surface area contributed by atoms with Gasteiger partial charge in [-0.25, -0.2) is 9.97 Å². The van der Waals surface area contributed by atoms with Crippen LogP contribution in [0.15, 0.2) is 24.3 Å². The van der Waals surface area contributed by atoms with E-state index in [2.05, 4.69) is 34.0 Å². The normalized spacial score (nSPS) is 11.2. The van der Waals surface area contributed by atoms with Crippen molar-refractivity contribution in [3.05, 3.63) is 30.0 Å². The third-order valence-corrected chi connectivity index (χ3v) is 3.58. The summed E-state index contributed by atoms with van der Waals surface area (Å²) in [5, 5.41) is 3.41. The van der Waals surface area contributed by atoms with Gasteiger partial charge in [0, 0.05) is 6.54 Å². The number of fused-ring (bicyclic) bond motifs is 1. The van der Waals surface area contributed by atoms with E-state index in [9.17, 15) is 0 Å². The van der Waals surface area contributed by atoms with Crippen molar-refractivity contribution in [3.8, 4) is 0 Å². The average Bonchev–Trinajstić information content (AvgIpc) is 2.47. The highest BCUT2D eigenvalue weighted by molar-refractivity contribution is 5.76. The summed E-state index contributed by atoms with van der Waals surface area (Å²) < 4.78 is 0. The fourth-order valence-electron chi connectivity index (χ4n) is 2.30. The second kappa shape index (κ2) is 7.20. The van der Waals surface area contributed by atoms with Crippen molar-refractivity contribution in [2.45, 2.75) is 27.2 Å². The smallest absolute Gasteiger partial charge is 0.148 e. The van der Waals surface area contributed by atoms with E-state index in [0.29, 0.717) is 0 Å². The molecule has 4 nitrogen and oxygen atoms in total. The lowest BCUT2D eigenvalue weighted by molar-refractivity contribution is 0.303. The largest absolute Gasteiger partial charge is 0.369 e. The molecule has 0 aliphatic heterocycles. The predicted octanol–water partition coefficient (Wildman–Crippen LogP) is 3.08. The highest BCUT2D eigenvalue weighted by Gasteiger charge is 2.04. The van der Waals surface area contributed by atoms with Gasteiger partial charge in [-0.1, -0.05) is 26.0 Å². The van der Waals surface area contributed by atoms with Crippen LogP contribution in [0, 0.1) is 6.92 Å². The topological polar surface area (TPSA) is 41.0 Å². The van der Waals surface area contributed by atoms with Crippen LogP contribution in [0.3, 0.4) is 0 Å². The molecule has 0 fully saturated rings. The van der Waals surface area contributed by atoms with E-state index >= 15 is 0 Å². The summed E-state index contributed by atoms with van der Waals surface area (Å²) in [7, 11) is 0. The fraction of sp³-hybridized carbons (Fsp3) is 0.500. The number of anilines is 1. The van der Waals surface area contributed by atoms with Crippen molar-refractivity contribution in [1.82, 2.24) is 14.9 Å². The maximum absolute atomic E-state index is 4.64. The number of nitrogens with zero attached hydrogens (tertiary/aromatic N) is 3. The van der Waals surface area contributed by atoms with Crippen LogP contribution in [0.2, 0.25) is 0 Å². The molecule has 0 aliphatic rings. The van der Waals surface area contributed by atoms with Crippen LogP contribution in [0.4, 0.5) is 5.82 Å². The zero-order valence-corrected chi connectivity index (χ0v) is 12.7. The van der Waals surface area contributed by atoms with Gasteiger partial charge in [-0.05, 0) is 45.1 Å². The molecule has 0 aliphatic carbocycles. The molecule has 0 atom stereocenters. The first-order chi connectivity index (χ1) is 9.74. The quantitative estimate of drug-likeness (QED) is 0.786. The molecule has 0 saturated heterocycles. The standard InChI is InChI=1S/C16H24N4/c1-4-20(5-2)12-8-11-17-16-13(3)18-14-9-6-7-10-15(14)19-16/h6-7,9-10H,4-5,8,11-12H2,1-3H3,(H,17,19). The molecule has 4 heteroatoms. The van der Waals surface area contributed by atoms with Crippen molar-refractivity contribution < 1.29 is 0 Å². The molecule has 0 saturated carbocycles. The van der Waals surface area contributed by atoms with Gasteiger partial charge in [0.2, 0.25) is 0 Å². The van der Waals surface area contributed by atoms with Gasteiger partial charge in [0.25, 0.3) is 0 Å².